The lowest BCUT2D eigenvalue weighted by Gasteiger charge is -2.30. The largest absolute Gasteiger partial charge is 0.379 e. The molecule has 2 fully saturated rings. The Labute approximate surface area is 148 Å². The first kappa shape index (κ1) is 19.5. The van der Waals surface area contributed by atoms with Gasteiger partial charge < -0.3 is 20.3 Å². The number of nitrogens with zero attached hydrogens (tertiary/aromatic N) is 3. The van der Waals surface area contributed by atoms with Gasteiger partial charge >= 0.3 is 0 Å². The number of aliphatic imine (C=N–C) groups is 1. The summed E-state index contributed by atoms with van der Waals surface area (Å²) in [5.74, 6) is 1.82. The number of likely N-dealkylation sites (tertiary alicyclic amines) is 1. The third kappa shape index (κ3) is 7.81. The van der Waals surface area contributed by atoms with E-state index in [-0.39, 0.29) is 0 Å². The molecule has 6 heteroatoms. The lowest BCUT2D eigenvalue weighted by atomic mass is 10.0. The van der Waals surface area contributed by atoms with Gasteiger partial charge in [0.2, 0.25) is 0 Å². The van der Waals surface area contributed by atoms with Gasteiger partial charge in [-0.2, -0.15) is 0 Å². The highest BCUT2D eigenvalue weighted by Crippen LogP contribution is 2.15. The minimum absolute atomic E-state index is 0.862. The zero-order valence-electron chi connectivity index (χ0n) is 15.7. The van der Waals surface area contributed by atoms with Crippen LogP contribution >= 0.6 is 0 Å². The number of piperidine rings is 1. The van der Waals surface area contributed by atoms with Crippen molar-refractivity contribution in [3.05, 3.63) is 0 Å². The molecule has 0 aromatic carbocycles. The summed E-state index contributed by atoms with van der Waals surface area (Å²) in [5, 5.41) is 6.80. The topological polar surface area (TPSA) is 52.1 Å². The Morgan fingerprint density at radius 2 is 1.96 bits per heavy atom. The van der Waals surface area contributed by atoms with Crippen molar-refractivity contribution < 1.29 is 4.74 Å². The van der Waals surface area contributed by atoms with Crippen LogP contribution in [0.25, 0.3) is 0 Å². The molecule has 0 aromatic heterocycles. The SMILES string of the molecule is CCNC(=NCCCN1CCCC(C)C1)NCCN1CCOCC1. The fourth-order valence-electron chi connectivity index (χ4n) is 3.47. The van der Waals surface area contributed by atoms with Crippen molar-refractivity contribution in [2.24, 2.45) is 10.9 Å². The molecular formula is C18H37N5O. The second-order valence-electron chi connectivity index (χ2n) is 7.04. The summed E-state index contributed by atoms with van der Waals surface area (Å²) in [6.07, 6.45) is 3.90. The lowest BCUT2D eigenvalue weighted by molar-refractivity contribution is 0.0389. The van der Waals surface area contributed by atoms with Crippen LogP contribution in [0.15, 0.2) is 4.99 Å². The predicted molar refractivity (Wildman–Crippen MR) is 101 cm³/mol. The van der Waals surface area contributed by atoms with Gasteiger partial charge in [0, 0.05) is 45.8 Å². The number of hydrogen-bond acceptors (Lipinski definition) is 4. The number of nitrogens with one attached hydrogen (secondary N) is 2. The van der Waals surface area contributed by atoms with Crippen LogP contribution in [-0.4, -0.2) is 87.9 Å². The summed E-state index contributed by atoms with van der Waals surface area (Å²) in [4.78, 5) is 9.77. The van der Waals surface area contributed by atoms with E-state index in [2.05, 4.69) is 34.3 Å². The van der Waals surface area contributed by atoms with Gasteiger partial charge in [-0.25, -0.2) is 0 Å². The molecule has 1 atom stereocenters. The van der Waals surface area contributed by atoms with Crippen molar-refractivity contribution in [1.82, 2.24) is 20.4 Å². The molecule has 2 saturated heterocycles. The maximum atomic E-state index is 5.39. The van der Waals surface area contributed by atoms with Crippen LogP contribution in [0.5, 0.6) is 0 Å². The first-order valence-corrected chi connectivity index (χ1v) is 9.82. The molecule has 1 unspecified atom stereocenters. The zero-order chi connectivity index (χ0) is 17.0. The molecule has 2 heterocycles. The Morgan fingerprint density at radius 1 is 1.12 bits per heavy atom. The average molecular weight is 340 g/mol. The molecular weight excluding hydrogens is 302 g/mol. The maximum absolute atomic E-state index is 5.39. The molecule has 2 rings (SSSR count). The molecule has 2 N–H and O–H groups in total. The highest BCUT2D eigenvalue weighted by Gasteiger charge is 2.15. The second-order valence-corrected chi connectivity index (χ2v) is 7.04. The Morgan fingerprint density at radius 3 is 2.71 bits per heavy atom. The van der Waals surface area contributed by atoms with Gasteiger partial charge in [0.25, 0.3) is 0 Å². The van der Waals surface area contributed by atoms with Gasteiger partial charge in [-0.05, 0) is 45.2 Å². The Bertz CT molecular complexity index is 357. The van der Waals surface area contributed by atoms with E-state index in [0.29, 0.717) is 0 Å². The molecule has 0 bridgehead atoms. The highest BCUT2D eigenvalue weighted by molar-refractivity contribution is 5.79. The molecule has 140 valence electrons. The first-order chi connectivity index (χ1) is 11.8. The van der Waals surface area contributed by atoms with E-state index in [9.17, 15) is 0 Å². The van der Waals surface area contributed by atoms with E-state index < -0.39 is 0 Å². The molecule has 2 aliphatic heterocycles. The summed E-state index contributed by atoms with van der Waals surface area (Å²) >= 11 is 0. The van der Waals surface area contributed by atoms with Gasteiger partial charge in [-0.1, -0.05) is 6.92 Å². The predicted octanol–water partition coefficient (Wildman–Crippen LogP) is 0.996. The monoisotopic (exact) mass is 339 g/mol. The van der Waals surface area contributed by atoms with Crippen LogP contribution < -0.4 is 10.6 Å². The number of guanidine groups is 1. The highest BCUT2D eigenvalue weighted by atomic mass is 16.5. The molecule has 24 heavy (non-hydrogen) atoms. The summed E-state index contributed by atoms with van der Waals surface area (Å²) in [5.41, 5.74) is 0. The van der Waals surface area contributed by atoms with E-state index >= 15 is 0 Å². The summed E-state index contributed by atoms with van der Waals surface area (Å²) in [6.45, 7) is 15.8. The smallest absolute Gasteiger partial charge is 0.191 e. The molecule has 2 aliphatic rings. The van der Waals surface area contributed by atoms with E-state index in [1.165, 1.54) is 32.5 Å². The van der Waals surface area contributed by atoms with Crippen LogP contribution in [0.2, 0.25) is 0 Å². The first-order valence-electron chi connectivity index (χ1n) is 9.82. The minimum atomic E-state index is 0.862. The molecule has 0 aliphatic carbocycles. The van der Waals surface area contributed by atoms with Gasteiger partial charge in [0.1, 0.15) is 0 Å². The third-order valence-corrected chi connectivity index (χ3v) is 4.81. The fourth-order valence-corrected chi connectivity index (χ4v) is 3.47. The number of rotatable bonds is 8. The summed E-state index contributed by atoms with van der Waals surface area (Å²) in [6, 6.07) is 0. The van der Waals surface area contributed by atoms with Gasteiger partial charge in [0.05, 0.1) is 13.2 Å². The summed E-state index contributed by atoms with van der Waals surface area (Å²) < 4.78 is 5.39. The molecule has 0 saturated carbocycles. The average Bonchev–Trinajstić information content (AvgIpc) is 2.60. The lowest BCUT2D eigenvalue weighted by Crippen LogP contribution is -2.44. The van der Waals surface area contributed by atoms with Crippen LogP contribution in [0, 0.1) is 5.92 Å². The molecule has 0 aromatic rings. The quantitative estimate of drug-likeness (QED) is 0.392. The number of morpholine rings is 1. The van der Waals surface area contributed by atoms with E-state index in [0.717, 1.165) is 70.8 Å². The third-order valence-electron chi connectivity index (χ3n) is 4.81. The van der Waals surface area contributed by atoms with E-state index in [1.807, 2.05) is 0 Å². The number of ether oxygens (including phenoxy) is 1. The summed E-state index contributed by atoms with van der Waals surface area (Å²) in [7, 11) is 0. The fraction of sp³-hybridized carbons (Fsp3) is 0.944. The van der Waals surface area contributed by atoms with Crippen molar-refractivity contribution in [2.45, 2.75) is 33.1 Å². The number of hydrogen-bond donors (Lipinski definition) is 2. The van der Waals surface area contributed by atoms with Crippen LogP contribution in [0.1, 0.15) is 33.1 Å². The Balaban J connectivity index is 1.60. The van der Waals surface area contributed by atoms with Crippen molar-refractivity contribution in [3.63, 3.8) is 0 Å². The molecule has 0 radical (unpaired) electrons. The Hall–Kier alpha value is -0.850. The van der Waals surface area contributed by atoms with Crippen LogP contribution in [-0.2, 0) is 4.74 Å². The van der Waals surface area contributed by atoms with Crippen molar-refractivity contribution in [2.75, 3.05) is 72.1 Å². The van der Waals surface area contributed by atoms with Crippen molar-refractivity contribution in [1.29, 1.82) is 0 Å². The normalized spacial score (nSPS) is 24.1. The molecule has 6 nitrogen and oxygen atoms in total. The Kier molecular flexibility index (Phi) is 9.46. The van der Waals surface area contributed by atoms with Crippen molar-refractivity contribution >= 4 is 5.96 Å². The zero-order valence-corrected chi connectivity index (χ0v) is 15.7. The van der Waals surface area contributed by atoms with Gasteiger partial charge in [-0.3, -0.25) is 9.89 Å². The van der Waals surface area contributed by atoms with Crippen LogP contribution in [0.3, 0.4) is 0 Å². The van der Waals surface area contributed by atoms with Crippen molar-refractivity contribution in [3.8, 4) is 0 Å². The second kappa shape index (κ2) is 11.7. The van der Waals surface area contributed by atoms with E-state index in [4.69, 9.17) is 9.73 Å². The van der Waals surface area contributed by atoms with Crippen LogP contribution in [0.4, 0.5) is 0 Å². The standard InChI is InChI=1S/C18H37N5O/c1-3-19-18(21-8-11-22-12-14-24-15-13-22)20-7-5-10-23-9-4-6-17(2)16-23/h17H,3-16H2,1-2H3,(H2,19,20,21). The van der Waals surface area contributed by atoms with Gasteiger partial charge in [-0.15, -0.1) is 0 Å². The van der Waals surface area contributed by atoms with E-state index in [1.54, 1.807) is 0 Å². The molecule has 0 spiro atoms. The molecule has 0 amide bonds. The maximum Gasteiger partial charge on any atom is 0.191 e. The van der Waals surface area contributed by atoms with Gasteiger partial charge in [0.15, 0.2) is 5.96 Å². The minimum Gasteiger partial charge on any atom is -0.379 e.